The molecule has 0 aromatic carbocycles. The number of carbonyl (C=O) groups excluding carboxylic acids is 1. The fourth-order valence-corrected chi connectivity index (χ4v) is 2.82. The molecule has 2 rings (SSSR count). The number of rotatable bonds is 6. The highest BCUT2D eigenvalue weighted by atomic mass is 16.5. The molecule has 1 saturated carbocycles. The van der Waals surface area contributed by atoms with Crippen LogP contribution in [0.3, 0.4) is 0 Å². The molecule has 7 heteroatoms. The monoisotopic (exact) mass is 481 g/mol. The van der Waals surface area contributed by atoms with Crippen LogP contribution in [-0.2, 0) is 9.53 Å². The van der Waals surface area contributed by atoms with Crippen LogP contribution >= 0.6 is 0 Å². The fourth-order valence-electron chi connectivity index (χ4n) is 2.82. The van der Waals surface area contributed by atoms with Gasteiger partial charge in [0.25, 0.3) is 0 Å². The van der Waals surface area contributed by atoms with Gasteiger partial charge in [-0.1, -0.05) is 54.4 Å². The molecule has 0 spiro atoms. The number of hydrogen-bond acceptors (Lipinski definition) is 6. The van der Waals surface area contributed by atoms with Crippen LogP contribution in [0.25, 0.3) is 0 Å². The summed E-state index contributed by atoms with van der Waals surface area (Å²) in [6.45, 7) is 18.6. The van der Waals surface area contributed by atoms with Crippen LogP contribution < -0.4 is 11.1 Å². The van der Waals surface area contributed by atoms with Gasteiger partial charge < -0.3 is 20.6 Å². The average molecular weight is 482 g/mol. The summed E-state index contributed by atoms with van der Waals surface area (Å²) in [5.41, 5.74) is 5.83. The SMILES string of the molecule is CC.CC.CCC(CC)c1cc[nH]nccc(NC2CCCC2)n1.COC(C)(C)C.NCC=O. The molecular weight excluding hydrogens is 426 g/mol. The Morgan fingerprint density at radius 1 is 1.15 bits per heavy atom. The Bertz CT molecular complexity index is 603. The summed E-state index contributed by atoms with van der Waals surface area (Å²) in [5, 5.41) is 10.6. The lowest BCUT2D eigenvalue weighted by molar-refractivity contribution is -0.106. The lowest BCUT2D eigenvalue weighted by Crippen LogP contribution is -2.15. The maximum Gasteiger partial charge on any atom is 0.133 e. The zero-order chi connectivity index (χ0) is 26.8. The molecular formula is C27H55N5O2. The number of hydrogen-bond donors (Lipinski definition) is 3. The number of anilines is 1. The van der Waals surface area contributed by atoms with Gasteiger partial charge in [-0.15, -0.1) is 0 Å². The Balaban J connectivity index is -0.000000571. The minimum atomic E-state index is 0.0417. The topological polar surface area (TPSA) is 106 Å². The zero-order valence-electron chi connectivity index (χ0n) is 23.8. The van der Waals surface area contributed by atoms with Crippen molar-refractivity contribution in [2.45, 2.75) is 118 Å². The number of nitrogens with one attached hydrogen (secondary N) is 2. The van der Waals surface area contributed by atoms with E-state index in [0.29, 0.717) is 18.2 Å². The Labute approximate surface area is 210 Å². The molecule has 1 heterocycles. The third-order valence-corrected chi connectivity index (χ3v) is 4.78. The van der Waals surface area contributed by atoms with Crippen molar-refractivity contribution < 1.29 is 9.53 Å². The van der Waals surface area contributed by atoms with E-state index in [1.165, 1.54) is 25.7 Å². The molecule has 1 fully saturated rings. The van der Waals surface area contributed by atoms with Crippen LogP contribution in [0.5, 0.6) is 0 Å². The predicted molar refractivity (Wildman–Crippen MR) is 148 cm³/mol. The summed E-state index contributed by atoms with van der Waals surface area (Å²) >= 11 is 0. The van der Waals surface area contributed by atoms with E-state index >= 15 is 0 Å². The van der Waals surface area contributed by atoms with Crippen molar-refractivity contribution in [1.82, 2.24) is 15.2 Å². The molecule has 0 amide bonds. The molecule has 1 aromatic heterocycles. The first-order valence-corrected chi connectivity index (χ1v) is 13.0. The van der Waals surface area contributed by atoms with E-state index < -0.39 is 0 Å². The molecule has 1 aromatic rings. The summed E-state index contributed by atoms with van der Waals surface area (Å²) in [6.07, 6.45) is 11.6. The van der Waals surface area contributed by atoms with Gasteiger partial charge in [0, 0.05) is 43.6 Å². The highest BCUT2D eigenvalue weighted by Gasteiger charge is 2.15. The summed E-state index contributed by atoms with van der Waals surface area (Å²) < 4.78 is 4.94. The van der Waals surface area contributed by atoms with Crippen LogP contribution in [0.4, 0.5) is 5.82 Å². The van der Waals surface area contributed by atoms with Crippen molar-refractivity contribution in [2.24, 2.45) is 5.73 Å². The molecule has 0 radical (unpaired) electrons. The Hall–Kier alpha value is -1.99. The maximum absolute atomic E-state index is 9.05. The summed E-state index contributed by atoms with van der Waals surface area (Å²) in [5.74, 6) is 1.44. The lowest BCUT2D eigenvalue weighted by Gasteiger charge is -2.14. The molecule has 1 aliphatic carbocycles. The van der Waals surface area contributed by atoms with Gasteiger partial charge in [-0.25, -0.2) is 4.98 Å². The summed E-state index contributed by atoms with van der Waals surface area (Å²) in [6, 6.07) is 4.57. The highest BCUT2D eigenvalue weighted by Crippen LogP contribution is 2.23. The standard InChI is InChI=1S/C16H26N4.C5H12O.C2H5NO.2C2H6/c1-3-13(4-2)15-9-11-17-18-12-10-16(20-15)19-14-7-5-6-8-14;1-5(2,3)6-4;3-1-2-4;2*1-2/h9-14,17,19H,3-8H2,1-2H3;1-4H3;2H,1,3H2;2*1-2H3. The third kappa shape index (κ3) is 21.8. The fraction of sp³-hybridized carbons (Fsp3) is 0.741. The first-order valence-electron chi connectivity index (χ1n) is 13.0. The van der Waals surface area contributed by atoms with Crippen molar-refractivity contribution in [1.29, 1.82) is 0 Å². The van der Waals surface area contributed by atoms with Crippen molar-refractivity contribution in [2.75, 3.05) is 19.0 Å². The van der Waals surface area contributed by atoms with Gasteiger partial charge in [-0.3, -0.25) is 5.10 Å². The van der Waals surface area contributed by atoms with E-state index in [4.69, 9.17) is 14.5 Å². The van der Waals surface area contributed by atoms with E-state index in [1.54, 1.807) is 13.3 Å². The second-order valence-electron chi connectivity index (χ2n) is 8.19. The zero-order valence-corrected chi connectivity index (χ0v) is 23.8. The van der Waals surface area contributed by atoms with Gasteiger partial charge in [0.2, 0.25) is 0 Å². The van der Waals surface area contributed by atoms with E-state index in [-0.39, 0.29) is 12.1 Å². The number of aldehydes is 1. The Morgan fingerprint density at radius 2 is 1.65 bits per heavy atom. The first-order chi connectivity index (χ1) is 16.3. The third-order valence-electron chi connectivity index (χ3n) is 4.78. The maximum atomic E-state index is 9.05. The number of nitrogens with zero attached hydrogens (tertiary/aromatic N) is 2. The summed E-state index contributed by atoms with van der Waals surface area (Å²) in [4.78, 5) is 13.9. The number of nitrogens with two attached hydrogens (primary N) is 1. The number of aromatic nitrogens is 3. The lowest BCUT2D eigenvalue weighted by atomic mass is 9.99. The number of methoxy groups -OCH3 is 1. The average Bonchev–Trinajstić information content (AvgIpc) is 3.40. The molecule has 7 nitrogen and oxygen atoms in total. The minimum Gasteiger partial charge on any atom is -0.379 e. The van der Waals surface area contributed by atoms with Gasteiger partial charge in [0.05, 0.1) is 11.8 Å². The van der Waals surface area contributed by atoms with Crippen LogP contribution in [0.1, 0.15) is 112 Å². The van der Waals surface area contributed by atoms with Gasteiger partial charge in [-0.2, -0.15) is 5.10 Å². The molecule has 0 atom stereocenters. The highest BCUT2D eigenvalue weighted by molar-refractivity contribution is 5.51. The van der Waals surface area contributed by atoms with Gasteiger partial charge in [0.15, 0.2) is 0 Å². The van der Waals surface area contributed by atoms with E-state index in [1.807, 2.05) is 66.8 Å². The molecule has 0 unspecified atom stereocenters. The number of H-pyrrole nitrogens is 1. The number of ether oxygens (including phenoxy) is 1. The van der Waals surface area contributed by atoms with Crippen molar-refractivity contribution >= 4 is 12.1 Å². The second kappa shape index (κ2) is 25.6. The number of aromatic amines is 1. The molecule has 0 saturated heterocycles. The predicted octanol–water partition coefficient (Wildman–Crippen LogP) is 6.81. The smallest absolute Gasteiger partial charge is 0.133 e. The van der Waals surface area contributed by atoms with Crippen LogP contribution in [0.15, 0.2) is 24.5 Å². The van der Waals surface area contributed by atoms with Gasteiger partial charge in [-0.05, 0) is 52.5 Å². The largest absolute Gasteiger partial charge is 0.379 e. The number of carbonyl (C=O) groups is 1. The van der Waals surface area contributed by atoms with Gasteiger partial charge >= 0.3 is 0 Å². The van der Waals surface area contributed by atoms with Crippen molar-refractivity contribution in [3.8, 4) is 0 Å². The van der Waals surface area contributed by atoms with Crippen LogP contribution in [0.2, 0.25) is 0 Å². The molecule has 0 bridgehead atoms. The molecule has 200 valence electrons. The molecule has 0 aliphatic heterocycles. The van der Waals surface area contributed by atoms with Crippen LogP contribution in [-0.4, -0.2) is 46.8 Å². The van der Waals surface area contributed by atoms with Crippen molar-refractivity contribution in [3.05, 3.63) is 30.2 Å². The normalized spacial score (nSPS) is 12.2. The quantitative estimate of drug-likeness (QED) is 0.385. The first kappa shape index (κ1) is 36.6. The molecule has 1 aliphatic rings. The van der Waals surface area contributed by atoms with E-state index in [9.17, 15) is 0 Å². The van der Waals surface area contributed by atoms with E-state index in [2.05, 4.69) is 35.1 Å². The van der Waals surface area contributed by atoms with Crippen molar-refractivity contribution in [3.63, 3.8) is 0 Å². The minimum absolute atomic E-state index is 0.0417. The van der Waals surface area contributed by atoms with Gasteiger partial charge in [0.1, 0.15) is 12.1 Å². The summed E-state index contributed by atoms with van der Waals surface area (Å²) in [7, 11) is 1.71. The Kier molecular flexibility index (Phi) is 27.6. The second-order valence-corrected chi connectivity index (χ2v) is 8.19. The molecule has 34 heavy (non-hydrogen) atoms. The van der Waals surface area contributed by atoms with Crippen LogP contribution in [0, 0.1) is 0 Å². The van der Waals surface area contributed by atoms with E-state index in [0.717, 1.165) is 24.4 Å². The Morgan fingerprint density at radius 3 is 2.06 bits per heavy atom. The molecule has 4 N–H and O–H groups in total.